The number of anilines is 1. The maximum atomic E-state index is 12.3. The first-order valence-corrected chi connectivity index (χ1v) is 8.31. The molecule has 3 rings (SSSR count). The predicted octanol–water partition coefficient (Wildman–Crippen LogP) is 4.62. The summed E-state index contributed by atoms with van der Waals surface area (Å²) in [7, 11) is 0. The number of carbonyl (C=O) groups excluding carboxylic acids is 1. The fourth-order valence-electron chi connectivity index (χ4n) is 3.16. The van der Waals surface area contributed by atoms with Gasteiger partial charge in [0.05, 0.1) is 5.54 Å². The second kappa shape index (κ2) is 6.45. The summed E-state index contributed by atoms with van der Waals surface area (Å²) in [6, 6.07) is 16.0. The fourth-order valence-corrected chi connectivity index (χ4v) is 3.16. The average molecular weight is 308 g/mol. The molecule has 0 saturated heterocycles. The van der Waals surface area contributed by atoms with Crippen LogP contribution in [0.2, 0.25) is 0 Å². The Balaban J connectivity index is 1.72. The van der Waals surface area contributed by atoms with Crippen LogP contribution in [0.15, 0.2) is 48.5 Å². The minimum atomic E-state index is -0.411. The summed E-state index contributed by atoms with van der Waals surface area (Å²) in [6.45, 7) is 4.09. The highest BCUT2D eigenvalue weighted by atomic mass is 16.2. The van der Waals surface area contributed by atoms with Gasteiger partial charge in [-0.2, -0.15) is 0 Å². The number of aryl methyl sites for hydroxylation is 2. The van der Waals surface area contributed by atoms with E-state index >= 15 is 0 Å². The van der Waals surface area contributed by atoms with E-state index in [0.29, 0.717) is 0 Å². The van der Waals surface area contributed by atoms with Gasteiger partial charge in [-0.25, -0.2) is 4.79 Å². The Morgan fingerprint density at radius 3 is 2.39 bits per heavy atom. The monoisotopic (exact) mass is 308 g/mol. The van der Waals surface area contributed by atoms with Crippen molar-refractivity contribution in [1.29, 1.82) is 0 Å². The summed E-state index contributed by atoms with van der Waals surface area (Å²) < 4.78 is 0. The maximum absolute atomic E-state index is 12.3. The molecule has 23 heavy (non-hydrogen) atoms. The average Bonchev–Trinajstić information content (AvgIpc) is 2.54. The van der Waals surface area contributed by atoms with E-state index in [-0.39, 0.29) is 6.03 Å². The molecule has 3 nitrogen and oxygen atoms in total. The summed E-state index contributed by atoms with van der Waals surface area (Å²) in [4.78, 5) is 12.3. The van der Waals surface area contributed by atoms with E-state index in [0.717, 1.165) is 17.7 Å². The zero-order valence-electron chi connectivity index (χ0n) is 13.9. The third-order valence-electron chi connectivity index (χ3n) is 4.53. The highest BCUT2D eigenvalue weighted by molar-refractivity contribution is 5.89. The Kier molecular flexibility index (Phi) is 4.37. The van der Waals surface area contributed by atoms with E-state index in [2.05, 4.69) is 28.8 Å². The van der Waals surface area contributed by atoms with E-state index in [1.165, 1.54) is 30.4 Å². The smallest absolute Gasteiger partial charge is 0.319 e. The molecular weight excluding hydrogens is 284 g/mol. The van der Waals surface area contributed by atoms with Gasteiger partial charge in [0.1, 0.15) is 0 Å². The second-order valence-corrected chi connectivity index (χ2v) is 6.76. The molecule has 0 aromatic heterocycles. The number of amides is 2. The molecule has 0 heterocycles. The first kappa shape index (κ1) is 15.6. The van der Waals surface area contributed by atoms with Crippen LogP contribution in [0.1, 0.15) is 43.4 Å². The lowest BCUT2D eigenvalue weighted by molar-refractivity contribution is 0.242. The molecule has 0 radical (unpaired) electrons. The lowest BCUT2D eigenvalue weighted by atomic mass is 9.86. The van der Waals surface area contributed by atoms with E-state index < -0.39 is 5.54 Å². The van der Waals surface area contributed by atoms with Crippen molar-refractivity contribution >= 4 is 11.7 Å². The van der Waals surface area contributed by atoms with Crippen molar-refractivity contribution in [1.82, 2.24) is 5.32 Å². The standard InChI is InChI=1S/C20H24N2O/c1-20(2,22-19(23)21-18-10-4-3-5-11-18)17-13-12-15-8-6-7-9-16(15)14-17/h3-5,10-14H,6-9H2,1-2H3,(H2,21,22,23). The molecule has 0 fully saturated rings. The molecule has 2 aromatic carbocycles. The van der Waals surface area contributed by atoms with Crippen LogP contribution in [-0.2, 0) is 18.4 Å². The molecule has 0 atom stereocenters. The van der Waals surface area contributed by atoms with E-state index in [4.69, 9.17) is 0 Å². The zero-order chi connectivity index (χ0) is 16.3. The number of rotatable bonds is 3. The molecule has 2 N–H and O–H groups in total. The molecule has 0 aliphatic heterocycles. The number of hydrogen-bond donors (Lipinski definition) is 2. The minimum Gasteiger partial charge on any atom is -0.329 e. The highest BCUT2D eigenvalue weighted by Crippen LogP contribution is 2.27. The van der Waals surface area contributed by atoms with Gasteiger partial charge in [0.25, 0.3) is 0 Å². The van der Waals surface area contributed by atoms with Gasteiger partial charge in [-0.05, 0) is 68.4 Å². The van der Waals surface area contributed by atoms with Crippen LogP contribution in [0.25, 0.3) is 0 Å². The van der Waals surface area contributed by atoms with Gasteiger partial charge in [0.15, 0.2) is 0 Å². The maximum Gasteiger partial charge on any atom is 0.319 e. The Morgan fingerprint density at radius 2 is 1.65 bits per heavy atom. The van der Waals surface area contributed by atoms with Gasteiger partial charge in [0, 0.05) is 5.69 Å². The third-order valence-corrected chi connectivity index (χ3v) is 4.53. The third kappa shape index (κ3) is 3.73. The van der Waals surface area contributed by atoms with E-state index in [1.807, 2.05) is 44.2 Å². The number of hydrogen-bond acceptors (Lipinski definition) is 1. The minimum absolute atomic E-state index is 0.182. The molecule has 1 aliphatic carbocycles. The fraction of sp³-hybridized carbons (Fsp3) is 0.350. The number of para-hydroxylation sites is 1. The van der Waals surface area contributed by atoms with E-state index in [1.54, 1.807) is 0 Å². The summed E-state index contributed by atoms with van der Waals surface area (Å²) in [5, 5.41) is 5.96. The van der Waals surface area contributed by atoms with Crippen LogP contribution < -0.4 is 10.6 Å². The molecule has 2 aromatic rings. The molecular formula is C20H24N2O. The molecule has 3 heteroatoms. The number of benzene rings is 2. The summed E-state index contributed by atoms with van der Waals surface area (Å²) in [5.41, 5.74) is 4.44. The van der Waals surface area contributed by atoms with Crippen molar-refractivity contribution in [2.45, 2.75) is 45.1 Å². The predicted molar refractivity (Wildman–Crippen MR) is 94.7 cm³/mol. The summed E-state index contributed by atoms with van der Waals surface area (Å²) >= 11 is 0. The lowest BCUT2D eigenvalue weighted by Gasteiger charge is -2.29. The van der Waals surface area contributed by atoms with Crippen molar-refractivity contribution in [2.24, 2.45) is 0 Å². The molecule has 1 aliphatic rings. The van der Waals surface area contributed by atoms with Crippen LogP contribution in [0.4, 0.5) is 10.5 Å². The number of fused-ring (bicyclic) bond motifs is 1. The lowest BCUT2D eigenvalue weighted by Crippen LogP contribution is -2.43. The second-order valence-electron chi connectivity index (χ2n) is 6.76. The van der Waals surface area contributed by atoms with Crippen molar-refractivity contribution < 1.29 is 4.79 Å². The van der Waals surface area contributed by atoms with Gasteiger partial charge < -0.3 is 10.6 Å². The van der Waals surface area contributed by atoms with Crippen LogP contribution >= 0.6 is 0 Å². The molecule has 0 bridgehead atoms. The highest BCUT2D eigenvalue weighted by Gasteiger charge is 2.24. The molecule has 0 unspecified atom stereocenters. The quantitative estimate of drug-likeness (QED) is 0.853. The largest absolute Gasteiger partial charge is 0.329 e. The first-order chi connectivity index (χ1) is 11.0. The number of nitrogens with one attached hydrogen (secondary N) is 2. The molecule has 2 amide bonds. The van der Waals surface area contributed by atoms with E-state index in [9.17, 15) is 4.79 Å². The van der Waals surface area contributed by atoms with Crippen molar-refractivity contribution in [3.8, 4) is 0 Å². The molecule has 0 spiro atoms. The first-order valence-electron chi connectivity index (χ1n) is 8.31. The topological polar surface area (TPSA) is 41.1 Å². The summed E-state index contributed by atoms with van der Waals surface area (Å²) in [5.74, 6) is 0. The van der Waals surface area contributed by atoms with Gasteiger partial charge in [-0.1, -0.05) is 36.4 Å². The van der Waals surface area contributed by atoms with Gasteiger partial charge in [-0.15, -0.1) is 0 Å². The Hall–Kier alpha value is -2.29. The Morgan fingerprint density at radius 1 is 0.957 bits per heavy atom. The Labute approximate surface area is 138 Å². The number of carbonyl (C=O) groups is 1. The molecule has 0 saturated carbocycles. The van der Waals surface area contributed by atoms with Crippen LogP contribution in [0.5, 0.6) is 0 Å². The van der Waals surface area contributed by atoms with Crippen LogP contribution in [0, 0.1) is 0 Å². The van der Waals surface area contributed by atoms with Crippen LogP contribution in [0.3, 0.4) is 0 Å². The van der Waals surface area contributed by atoms with Gasteiger partial charge >= 0.3 is 6.03 Å². The normalized spacial score (nSPS) is 14.0. The Bertz CT molecular complexity index is 692. The van der Waals surface area contributed by atoms with Gasteiger partial charge in [0.2, 0.25) is 0 Å². The summed E-state index contributed by atoms with van der Waals surface area (Å²) in [6.07, 6.45) is 4.87. The SMILES string of the molecule is CC(C)(NC(=O)Nc1ccccc1)c1ccc2c(c1)CCCC2. The zero-order valence-corrected chi connectivity index (χ0v) is 13.9. The van der Waals surface area contributed by atoms with Crippen molar-refractivity contribution in [2.75, 3.05) is 5.32 Å². The van der Waals surface area contributed by atoms with Gasteiger partial charge in [-0.3, -0.25) is 0 Å². The van der Waals surface area contributed by atoms with Crippen molar-refractivity contribution in [3.63, 3.8) is 0 Å². The number of urea groups is 1. The molecule has 120 valence electrons. The van der Waals surface area contributed by atoms with Crippen molar-refractivity contribution in [3.05, 3.63) is 65.2 Å². The van der Waals surface area contributed by atoms with Crippen LogP contribution in [-0.4, -0.2) is 6.03 Å².